The number of carbonyl (C=O) groups excluding carboxylic acids is 2. The summed E-state index contributed by atoms with van der Waals surface area (Å²) in [6.07, 6.45) is 0. The van der Waals surface area contributed by atoms with Crippen LogP contribution in [0.4, 0.5) is 0 Å². The van der Waals surface area contributed by atoms with Gasteiger partial charge in [0.25, 0.3) is 0 Å². The van der Waals surface area contributed by atoms with Crippen molar-refractivity contribution in [1.29, 1.82) is 0 Å². The van der Waals surface area contributed by atoms with Crippen molar-refractivity contribution in [2.24, 2.45) is 0 Å². The van der Waals surface area contributed by atoms with Gasteiger partial charge in [-0.05, 0) is 152 Å². The molecular formula is C30H30O2. The Morgan fingerprint density at radius 2 is 0.562 bits per heavy atom. The van der Waals surface area contributed by atoms with E-state index in [1.807, 2.05) is 13.8 Å². The molecule has 0 atom stereocenters. The molecule has 0 unspecified atom stereocenters. The molecule has 0 bridgehead atoms. The van der Waals surface area contributed by atoms with Crippen molar-refractivity contribution < 1.29 is 9.59 Å². The van der Waals surface area contributed by atoms with E-state index in [0.29, 0.717) is 11.1 Å². The smallest absolute Gasteiger partial charge is 0.234 e. The SMILES string of the molecule is Cc1c(C)c(C)c2c(c1C)c(C)c(C)c1c3c(C)c(C)c(C)c4c3c(c(C)c21)C(=O)C4=O. The third-order valence-electron chi connectivity index (χ3n) is 8.79. The van der Waals surface area contributed by atoms with Crippen molar-refractivity contribution in [2.75, 3.05) is 0 Å². The Kier molecular flexibility index (Phi) is 4.10. The number of Topliss-reactive ketones (excluding diaryl/α,β-unsaturated/α-hetero) is 2. The first-order valence-electron chi connectivity index (χ1n) is 11.4. The highest BCUT2D eigenvalue weighted by molar-refractivity contribution is 6.59. The first-order chi connectivity index (χ1) is 14.9. The second-order valence-electron chi connectivity index (χ2n) is 9.91. The molecule has 4 aromatic rings. The van der Waals surface area contributed by atoms with E-state index in [0.717, 1.165) is 32.8 Å². The van der Waals surface area contributed by atoms with Crippen molar-refractivity contribution in [1.82, 2.24) is 0 Å². The van der Waals surface area contributed by atoms with Crippen molar-refractivity contribution in [3.05, 3.63) is 66.8 Å². The van der Waals surface area contributed by atoms with E-state index in [2.05, 4.69) is 55.4 Å². The highest BCUT2D eigenvalue weighted by Gasteiger charge is 2.37. The molecule has 4 aromatic carbocycles. The average Bonchev–Trinajstić information content (AvgIpc) is 3.02. The molecule has 0 saturated heterocycles. The van der Waals surface area contributed by atoms with Gasteiger partial charge in [-0.25, -0.2) is 0 Å². The van der Waals surface area contributed by atoms with Crippen molar-refractivity contribution in [3.63, 3.8) is 0 Å². The van der Waals surface area contributed by atoms with Crippen LogP contribution < -0.4 is 0 Å². The molecule has 5 rings (SSSR count). The van der Waals surface area contributed by atoms with Crippen LogP contribution in [-0.2, 0) is 0 Å². The van der Waals surface area contributed by atoms with Gasteiger partial charge < -0.3 is 0 Å². The highest BCUT2D eigenvalue weighted by Crippen LogP contribution is 2.48. The van der Waals surface area contributed by atoms with Crippen LogP contribution in [0.25, 0.3) is 32.3 Å². The normalized spacial score (nSPS) is 13.4. The summed E-state index contributed by atoms with van der Waals surface area (Å²) in [7, 11) is 0. The monoisotopic (exact) mass is 422 g/mol. The summed E-state index contributed by atoms with van der Waals surface area (Å²) in [5.41, 5.74) is 13.2. The van der Waals surface area contributed by atoms with E-state index >= 15 is 0 Å². The molecule has 1 aliphatic carbocycles. The Morgan fingerprint density at radius 3 is 1.09 bits per heavy atom. The van der Waals surface area contributed by atoms with Gasteiger partial charge in [-0.2, -0.15) is 0 Å². The lowest BCUT2D eigenvalue weighted by Gasteiger charge is -2.24. The van der Waals surface area contributed by atoms with Crippen LogP contribution in [0.15, 0.2) is 0 Å². The zero-order valence-electron chi connectivity index (χ0n) is 20.8. The van der Waals surface area contributed by atoms with Gasteiger partial charge in [0.2, 0.25) is 11.6 Å². The highest BCUT2D eigenvalue weighted by atomic mass is 16.2. The van der Waals surface area contributed by atoms with Crippen molar-refractivity contribution in [2.45, 2.75) is 69.2 Å². The third kappa shape index (κ3) is 2.11. The fraction of sp³-hybridized carbons (Fsp3) is 0.333. The molecule has 32 heavy (non-hydrogen) atoms. The van der Waals surface area contributed by atoms with Gasteiger partial charge in [0, 0.05) is 16.5 Å². The zero-order chi connectivity index (χ0) is 23.5. The molecule has 0 N–H and O–H groups in total. The maximum absolute atomic E-state index is 13.3. The van der Waals surface area contributed by atoms with Crippen molar-refractivity contribution in [3.8, 4) is 0 Å². The minimum atomic E-state index is -0.345. The number of fused-ring (bicyclic) bond motifs is 4. The number of hydrogen-bond acceptors (Lipinski definition) is 2. The van der Waals surface area contributed by atoms with Gasteiger partial charge in [-0.15, -0.1) is 0 Å². The molecule has 0 fully saturated rings. The molecule has 162 valence electrons. The summed E-state index contributed by atoms with van der Waals surface area (Å²) < 4.78 is 0. The lowest BCUT2D eigenvalue weighted by Crippen LogP contribution is -2.09. The average molecular weight is 423 g/mol. The van der Waals surface area contributed by atoms with E-state index in [1.165, 1.54) is 55.1 Å². The maximum Gasteiger partial charge on any atom is 0.234 e. The van der Waals surface area contributed by atoms with Gasteiger partial charge in [-0.3, -0.25) is 9.59 Å². The molecular weight excluding hydrogens is 392 g/mol. The van der Waals surface area contributed by atoms with Crippen LogP contribution in [-0.4, -0.2) is 11.6 Å². The summed E-state index contributed by atoms with van der Waals surface area (Å²) in [6, 6.07) is 0. The second kappa shape index (κ2) is 6.28. The minimum absolute atomic E-state index is 0.345. The lowest BCUT2D eigenvalue weighted by atomic mass is 9.79. The number of carbonyl (C=O) groups is 2. The summed E-state index contributed by atoms with van der Waals surface area (Å²) in [6.45, 7) is 21.5. The predicted molar refractivity (Wildman–Crippen MR) is 135 cm³/mol. The summed E-state index contributed by atoms with van der Waals surface area (Å²) in [5, 5.41) is 6.87. The first-order valence-corrected chi connectivity index (χ1v) is 11.4. The van der Waals surface area contributed by atoms with E-state index in [4.69, 9.17) is 0 Å². The van der Waals surface area contributed by atoms with Crippen LogP contribution in [0.5, 0.6) is 0 Å². The minimum Gasteiger partial charge on any atom is -0.285 e. The molecule has 0 radical (unpaired) electrons. The van der Waals surface area contributed by atoms with Crippen LogP contribution in [0.3, 0.4) is 0 Å². The molecule has 0 heterocycles. The molecule has 0 aliphatic heterocycles. The molecule has 2 heteroatoms. The number of aryl methyl sites for hydroxylation is 6. The maximum atomic E-state index is 13.3. The van der Waals surface area contributed by atoms with Crippen LogP contribution in [0, 0.1) is 69.2 Å². The van der Waals surface area contributed by atoms with E-state index in [1.54, 1.807) is 0 Å². The Morgan fingerprint density at radius 1 is 0.281 bits per heavy atom. The van der Waals surface area contributed by atoms with Gasteiger partial charge >= 0.3 is 0 Å². The summed E-state index contributed by atoms with van der Waals surface area (Å²) >= 11 is 0. The third-order valence-corrected chi connectivity index (χ3v) is 8.79. The van der Waals surface area contributed by atoms with Gasteiger partial charge in [-0.1, -0.05) is 0 Å². The second-order valence-corrected chi connectivity index (χ2v) is 9.91. The van der Waals surface area contributed by atoms with Crippen LogP contribution in [0.2, 0.25) is 0 Å². The fourth-order valence-electron chi connectivity index (χ4n) is 6.29. The first kappa shape index (κ1) is 20.9. The molecule has 0 amide bonds. The van der Waals surface area contributed by atoms with Gasteiger partial charge in [0.15, 0.2) is 0 Å². The lowest BCUT2D eigenvalue weighted by molar-refractivity contribution is 0.0824. The zero-order valence-corrected chi connectivity index (χ0v) is 20.8. The number of hydrogen-bond donors (Lipinski definition) is 0. The molecule has 0 spiro atoms. The fourth-order valence-corrected chi connectivity index (χ4v) is 6.29. The molecule has 1 aliphatic rings. The summed E-state index contributed by atoms with van der Waals surface area (Å²) in [5.74, 6) is -0.690. The molecule has 0 saturated carbocycles. The van der Waals surface area contributed by atoms with Crippen LogP contribution >= 0.6 is 0 Å². The van der Waals surface area contributed by atoms with Gasteiger partial charge in [0.1, 0.15) is 0 Å². The number of benzene rings is 4. The van der Waals surface area contributed by atoms with E-state index < -0.39 is 0 Å². The Hall–Kier alpha value is -3.00. The largest absolute Gasteiger partial charge is 0.285 e. The topological polar surface area (TPSA) is 34.1 Å². The standard InChI is InChI=1S/C30H30O2/c1-11-12(2)15(5)22-21(14(11)4)18(8)19(9)23-24-16(6)13(3)17(7)26-28(24)27(20(10)25(22)23)30(32)29(26)31/h1-10H3. The number of rotatable bonds is 0. The van der Waals surface area contributed by atoms with E-state index in [9.17, 15) is 9.59 Å². The van der Waals surface area contributed by atoms with Gasteiger partial charge in [0.05, 0.1) is 0 Å². The molecule has 2 nitrogen and oxygen atoms in total. The van der Waals surface area contributed by atoms with E-state index in [-0.39, 0.29) is 11.6 Å². The predicted octanol–water partition coefficient (Wildman–Crippen LogP) is 7.61. The summed E-state index contributed by atoms with van der Waals surface area (Å²) in [4.78, 5) is 26.5. The Bertz CT molecular complexity index is 1630. The molecule has 0 aromatic heterocycles. The quantitative estimate of drug-likeness (QED) is 0.216. The number of ketones is 2. The van der Waals surface area contributed by atoms with Crippen LogP contribution in [0.1, 0.15) is 76.4 Å². The Labute approximate surface area is 189 Å². The van der Waals surface area contributed by atoms with Crippen molar-refractivity contribution >= 4 is 43.9 Å². The Balaban J connectivity index is 2.30.